The van der Waals surface area contributed by atoms with Gasteiger partial charge in [-0.2, -0.15) is 5.10 Å². The number of methoxy groups -OCH3 is 1. The molecule has 1 N–H and O–H groups in total. The monoisotopic (exact) mass is 251 g/mol. The van der Waals surface area contributed by atoms with Crippen LogP contribution < -0.4 is 5.32 Å². The lowest BCUT2D eigenvalue weighted by Crippen LogP contribution is -2.47. The summed E-state index contributed by atoms with van der Waals surface area (Å²) in [6.07, 6.45) is 5.77. The minimum absolute atomic E-state index is 0.0974. The van der Waals surface area contributed by atoms with Crippen molar-refractivity contribution in [1.29, 1.82) is 0 Å². The zero-order chi connectivity index (χ0) is 13.2. The molecule has 1 aliphatic rings. The summed E-state index contributed by atoms with van der Waals surface area (Å²) in [5.41, 5.74) is 2.60. The highest BCUT2D eigenvalue weighted by Crippen LogP contribution is 2.34. The minimum Gasteiger partial charge on any atom is -0.377 e. The summed E-state index contributed by atoms with van der Waals surface area (Å²) >= 11 is 0. The standard InChI is InChI=1S/C14H25N3O/c1-11(2)13-12(9-17(3)16-13)8-15-10-14(18-4)6-5-7-14/h9,11,15H,5-8,10H2,1-4H3. The van der Waals surface area contributed by atoms with Crippen LogP contribution in [-0.4, -0.2) is 29.0 Å². The van der Waals surface area contributed by atoms with Crippen LogP contribution in [0.5, 0.6) is 0 Å². The van der Waals surface area contributed by atoms with Gasteiger partial charge in [-0.05, 0) is 25.2 Å². The molecule has 1 aliphatic carbocycles. The highest BCUT2D eigenvalue weighted by Gasteiger charge is 2.36. The van der Waals surface area contributed by atoms with Crippen LogP contribution in [0.4, 0.5) is 0 Å². The molecule has 0 aromatic carbocycles. The van der Waals surface area contributed by atoms with Gasteiger partial charge < -0.3 is 10.1 Å². The van der Waals surface area contributed by atoms with Crippen LogP contribution in [-0.2, 0) is 18.3 Å². The molecule has 0 amide bonds. The van der Waals surface area contributed by atoms with Gasteiger partial charge in [0.1, 0.15) is 0 Å². The number of nitrogens with zero attached hydrogens (tertiary/aromatic N) is 2. The molecule has 102 valence electrons. The summed E-state index contributed by atoms with van der Waals surface area (Å²) < 4.78 is 7.52. The van der Waals surface area contributed by atoms with Gasteiger partial charge >= 0.3 is 0 Å². The molecule has 1 saturated carbocycles. The Hall–Kier alpha value is -0.870. The maximum atomic E-state index is 5.61. The van der Waals surface area contributed by atoms with E-state index in [0.29, 0.717) is 5.92 Å². The Labute approximate surface area is 110 Å². The van der Waals surface area contributed by atoms with Crippen molar-refractivity contribution in [2.45, 2.75) is 51.2 Å². The molecular formula is C14H25N3O. The van der Waals surface area contributed by atoms with E-state index >= 15 is 0 Å². The van der Waals surface area contributed by atoms with Crippen molar-refractivity contribution in [3.8, 4) is 0 Å². The molecule has 1 heterocycles. The predicted octanol–water partition coefficient (Wildman–Crippen LogP) is 2.20. The van der Waals surface area contributed by atoms with Gasteiger partial charge in [-0.15, -0.1) is 0 Å². The number of hydrogen-bond donors (Lipinski definition) is 1. The van der Waals surface area contributed by atoms with Crippen LogP contribution in [0.15, 0.2) is 6.20 Å². The van der Waals surface area contributed by atoms with Gasteiger partial charge in [0.15, 0.2) is 0 Å². The van der Waals surface area contributed by atoms with E-state index < -0.39 is 0 Å². The molecule has 0 bridgehead atoms. The first kappa shape index (κ1) is 13.6. The zero-order valence-corrected chi connectivity index (χ0v) is 12.0. The highest BCUT2D eigenvalue weighted by atomic mass is 16.5. The summed E-state index contributed by atoms with van der Waals surface area (Å²) in [5.74, 6) is 0.475. The van der Waals surface area contributed by atoms with Gasteiger partial charge in [0, 0.05) is 39.0 Å². The average Bonchev–Trinajstić information content (AvgIpc) is 2.64. The second kappa shape index (κ2) is 5.41. The van der Waals surface area contributed by atoms with Crippen LogP contribution in [0.25, 0.3) is 0 Å². The number of hydrogen-bond acceptors (Lipinski definition) is 3. The summed E-state index contributed by atoms with van der Waals surface area (Å²) in [5, 5.41) is 8.05. The molecular weight excluding hydrogens is 226 g/mol. The van der Waals surface area contributed by atoms with Crippen molar-refractivity contribution in [2.75, 3.05) is 13.7 Å². The maximum Gasteiger partial charge on any atom is 0.0802 e. The first-order valence-corrected chi connectivity index (χ1v) is 6.84. The highest BCUT2D eigenvalue weighted by molar-refractivity contribution is 5.20. The summed E-state index contributed by atoms with van der Waals surface area (Å²) in [6.45, 7) is 6.20. The van der Waals surface area contributed by atoms with E-state index in [1.54, 1.807) is 0 Å². The quantitative estimate of drug-likeness (QED) is 0.842. The molecule has 0 unspecified atom stereocenters. The topological polar surface area (TPSA) is 39.1 Å². The van der Waals surface area contributed by atoms with Crippen LogP contribution in [0.3, 0.4) is 0 Å². The van der Waals surface area contributed by atoms with Crippen LogP contribution in [0, 0.1) is 0 Å². The smallest absolute Gasteiger partial charge is 0.0802 e. The minimum atomic E-state index is 0.0974. The second-order valence-electron chi connectivity index (χ2n) is 5.71. The Morgan fingerprint density at radius 1 is 1.50 bits per heavy atom. The summed E-state index contributed by atoms with van der Waals surface area (Å²) in [6, 6.07) is 0. The third-order valence-corrected chi connectivity index (χ3v) is 3.94. The molecule has 1 aromatic rings. The fourth-order valence-electron chi connectivity index (χ4n) is 2.63. The molecule has 0 atom stereocenters. The van der Waals surface area contributed by atoms with E-state index in [0.717, 1.165) is 13.1 Å². The van der Waals surface area contributed by atoms with Gasteiger partial charge in [0.25, 0.3) is 0 Å². The van der Waals surface area contributed by atoms with Crippen molar-refractivity contribution >= 4 is 0 Å². The van der Waals surface area contributed by atoms with Gasteiger partial charge in [0.2, 0.25) is 0 Å². The van der Waals surface area contributed by atoms with E-state index in [2.05, 4.69) is 30.5 Å². The molecule has 1 fully saturated rings. The van der Waals surface area contributed by atoms with Crippen molar-refractivity contribution in [1.82, 2.24) is 15.1 Å². The molecule has 4 heteroatoms. The number of nitrogens with one attached hydrogen (secondary N) is 1. The van der Waals surface area contributed by atoms with Crippen LogP contribution in [0.1, 0.15) is 50.3 Å². The molecule has 0 saturated heterocycles. The second-order valence-corrected chi connectivity index (χ2v) is 5.71. The van der Waals surface area contributed by atoms with Crippen molar-refractivity contribution in [2.24, 2.45) is 7.05 Å². The Morgan fingerprint density at radius 3 is 2.72 bits per heavy atom. The summed E-state index contributed by atoms with van der Waals surface area (Å²) in [7, 11) is 3.81. The van der Waals surface area contributed by atoms with E-state index in [1.165, 1.54) is 30.5 Å². The normalized spacial score (nSPS) is 18.1. The Kier molecular flexibility index (Phi) is 4.07. The van der Waals surface area contributed by atoms with Crippen LogP contribution in [0.2, 0.25) is 0 Å². The van der Waals surface area contributed by atoms with Crippen molar-refractivity contribution < 1.29 is 4.74 Å². The first-order chi connectivity index (χ1) is 8.56. The lowest BCUT2D eigenvalue weighted by Gasteiger charge is -2.40. The first-order valence-electron chi connectivity index (χ1n) is 6.84. The fraction of sp³-hybridized carbons (Fsp3) is 0.786. The molecule has 0 radical (unpaired) electrons. The number of ether oxygens (including phenoxy) is 1. The maximum absolute atomic E-state index is 5.61. The number of aromatic nitrogens is 2. The lowest BCUT2D eigenvalue weighted by molar-refractivity contribution is -0.0695. The Balaban J connectivity index is 1.90. The van der Waals surface area contributed by atoms with E-state index in [1.807, 2.05) is 18.8 Å². The third-order valence-electron chi connectivity index (χ3n) is 3.94. The molecule has 18 heavy (non-hydrogen) atoms. The molecule has 0 spiro atoms. The van der Waals surface area contributed by atoms with E-state index in [-0.39, 0.29) is 5.60 Å². The third kappa shape index (κ3) is 2.75. The SMILES string of the molecule is COC1(CNCc2cn(C)nc2C(C)C)CCC1. The van der Waals surface area contributed by atoms with Gasteiger partial charge in [0.05, 0.1) is 11.3 Å². The molecule has 0 aliphatic heterocycles. The van der Waals surface area contributed by atoms with Crippen LogP contribution >= 0.6 is 0 Å². The van der Waals surface area contributed by atoms with E-state index in [9.17, 15) is 0 Å². The fourth-order valence-corrected chi connectivity index (χ4v) is 2.63. The average molecular weight is 251 g/mol. The molecule has 2 rings (SSSR count). The summed E-state index contributed by atoms with van der Waals surface area (Å²) in [4.78, 5) is 0. The predicted molar refractivity (Wildman–Crippen MR) is 72.6 cm³/mol. The number of aryl methyl sites for hydroxylation is 1. The molecule has 1 aromatic heterocycles. The van der Waals surface area contributed by atoms with Crippen molar-refractivity contribution in [3.63, 3.8) is 0 Å². The Morgan fingerprint density at radius 2 is 2.22 bits per heavy atom. The van der Waals surface area contributed by atoms with Crippen molar-refractivity contribution in [3.05, 3.63) is 17.5 Å². The van der Waals surface area contributed by atoms with E-state index in [4.69, 9.17) is 4.74 Å². The Bertz CT molecular complexity index is 388. The lowest BCUT2D eigenvalue weighted by atomic mass is 9.80. The van der Waals surface area contributed by atoms with Gasteiger partial charge in [-0.1, -0.05) is 13.8 Å². The number of rotatable bonds is 6. The largest absolute Gasteiger partial charge is 0.377 e. The van der Waals surface area contributed by atoms with Gasteiger partial charge in [-0.25, -0.2) is 0 Å². The van der Waals surface area contributed by atoms with Gasteiger partial charge in [-0.3, -0.25) is 4.68 Å². The zero-order valence-electron chi connectivity index (χ0n) is 12.0. The molecule has 4 nitrogen and oxygen atoms in total.